The molecule has 66 valence electrons. The molecule has 0 atom stereocenters. The molecule has 0 radical (unpaired) electrons. The molecule has 0 saturated heterocycles. The molecule has 0 bridgehead atoms. The molecule has 0 N–H and O–H groups in total. The second-order valence-electron chi connectivity index (χ2n) is 2.94. The topological polar surface area (TPSA) is 21.5 Å². The van der Waals surface area contributed by atoms with Gasteiger partial charge in [0.15, 0.2) is 5.82 Å². The number of pyridine rings is 2. The first-order valence-corrected chi connectivity index (χ1v) is 3.96. The standard InChI is InChI=1S/C10H8FNO/c1-7-6-8(11)10(13)12-5-3-2-4-9(7)12/h2-6H,1H3. The van der Waals surface area contributed by atoms with E-state index in [0.29, 0.717) is 0 Å². The van der Waals surface area contributed by atoms with E-state index >= 15 is 0 Å². The number of hydrogen-bond acceptors (Lipinski definition) is 1. The summed E-state index contributed by atoms with van der Waals surface area (Å²) in [6.07, 6.45) is 1.56. The van der Waals surface area contributed by atoms with Crippen LogP contribution in [0.4, 0.5) is 4.39 Å². The van der Waals surface area contributed by atoms with Crippen LogP contribution >= 0.6 is 0 Å². The summed E-state index contributed by atoms with van der Waals surface area (Å²) < 4.78 is 14.3. The lowest BCUT2D eigenvalue weighted by Gasteiger charge is -2.02. The lowest BCUT2D eigenvalue weighted by molar-refractivity contribution is 0.603. The molecule has 2 aromatic rings. The van der Waals surface area contributed by atoms with Crippen LogP contribution in [0.5, 0.6) is 0 Å². The Kier molecular flexibility index (Phi) is 1.65. The molecule has 2 rings (SSSR count). The van der Waals surface area contributed by atoms with E-state index in [1.54, 1.807) is 25.3 Å². The molecule has 2 aromatic heterocycles. The van der Waals surface area contributed by atoms with Gasteiger partial charge in [-0.25, -0.2) is 4.39 Å². The van der Waals surface area contributed by atoms with Crippen molar-refractivity contribution in [2.24, 2.45) is 0 Å². The van der Waals surface area contributed by atoms with Crippen LogP contribution in [0.25, 0.3) is 5.52 Å². The molecule has 2 heterocycles. The summed E-state index contributed by atoms with van der Waals surface area (Å²) >= 11 is 0. The summed E-state index contributed by atoms with van der Waals surface area (Å²) in [7, 11) is 0. The third-order valence-corrected chi connectivity index (χ3v) is 2.03. The zero-order valence-electron chi connectivity index (χ0n) is 7.12. The van der Waals surface area contributed by atoms with Crippen molar-refractivity contribution < 1.29 is 4.39 Å². The number of halogens is 1. The monoisotopic (exact) mass is 177 g/mol. The summed E-state index contributed by atoms with van der Waals surface area (Å²) in [4.78, 5) is 11.3. The van der Waals surface area contributed by atoms with E-state index in [1.165, 1.54) is 10.5 Å². The number of hydrogen-bond donors (Lipinski definition) is 0. The number of fused-ring (bicyclic) bond motifs is 1. The number of aryl methyl sites for hydroxylation is 1. The van der Waals surface area contributed by atoms with Crippen LogP contribution in [-0.4, -0.2) is 4.40 Å². The van der Waals surface area contributed by atoms with Gasteiger partial charge in [-0.05, 0) is 30.7 Å². The summed E-state index contributed by atoms with van der Waals surface area (Å²) in [5.41, 5.74) is 0.910. The summed E-state index contributed by atoms with van der Waals surface area (Å²) in [5, 5.41) is 0. The van der Waals surface area contributed by atoms with Crippen LogP contribution in [0.2, 0.25) is 0 Å². The van der Waals surface area contributed by atoms with E-state index in [0.717, 1.165) is 11.1 Å². The Balaban J connectivity index is 3.06. The van der Waals surface area contributed by atoms with Gasteiger partial charge in [-0.2, -0.15) is 0 Å². The maximum atomic E-state index is 13.0. The van der Waals surface area contributed by atoms with E-state index in [9.17, 15) is 9.18 Å². The van der Waals surface area contributed by atoms with Gasteiger partial charge in [-0.3, -0.25) is 9.20 Å². The molecule has 0 spiro atoms. The van der Waals surface area contributed by atoms with Crippen LogP contribution < -0.4 is 5.56 Å². The van der Waals surface area contributed by atoms with E-state index < -0.39 is 11.4 Å². The van der Waals surface area contributed by atoms with Crippen molar-refractivity contribution in [2.45, 2.75) is 6.92 Å². The molecular formula is C10H8FNO. The highest BCUT2D eigenvalue weighted by atomic mass is 19.1. The minimum Gasteiger partial charge on any atom is -0.282 e. The Morgan fingerprint density at radius 2 is 2.15 bits per heavy atom. The molecule has 2 nitrogen and oxygen atoms in total. The molecule has 0 saturated carbocycles. The van der Waals surface area contributed by atoms with E-state index in [4.69, 9.17) is 0 Å². The summed E-state index contributed by atoms with van der Waals surface area (Å²) in [5.74, 6) is -0.707. The minimum atomic E-state index is -0.707. The highest BCUT2D eigenvalue weighted by Crippen LogP contribution is 2.07. The van der Waals surface area contributed by atoms with Gasteiger partial charge in [0, 0.05) is 6.20 Å². The Labute approximate surface area is 74.3 Å². The van der Waals surface area contributed by atoms with Crippen LogP contribution in [0.3, 0.4) is 0 Å². The van der Waals surface area contributed by atoms with Crippen molar-refractivity contribution in [3.05, 3.63) is 52.2 Å². The van der Waals surface area contributed by atoms with Gasteiger partial charge in [-0.1, -0.05) is 6.07 Å². The molecule has 0 fully saturated rings. The van der Waals surface area contributed by atoms with Crippen molar-refractivity contribution in [1.82, 2.24) is 4.40 Å². The fraction of sp³-hybridized carbons (Fsp3) is 0.100. The lowest BCUT2D eigenvalue weighted by Crippen LogP contribution is -2.17. The van der Waals surface area contributed by atoms with Crippen molar-refractivity contribution in [2.75, 3.05) is 0 Å². The van der Waals surface area contributed by atoms with Gasteiger partial charge in [0.1, 0.15) is 0 Å². The largest absolute Gasteiger partial charge is 0.291 e. The minimum absolute atomic E-state index is 0.596. The average Bonchev–Trinajstić information content (AvgIpc) is 2.15. The van der Waals surface area contributed by atoms with Gasteiger partial charge in [0.2, 0.25) is 0 Å². The SMILES string of the molecule is Cc1cc(F)c(=O)n2ccccc12. The molecule has 3 heteroatoms. The maximum absolute atomic E-state index is 13.0. The number of nitrogens with zero attached hydrogens (tertiary/aromatic N) is 1. The zero-order chi connectivity index (χ0) is 9.42. The Morgan fingerprint density at radius 3 is 2.92 bits per heavy atom. The van der Waals surface area contributed by atoms with Gasteiger partial charge >= 0.3 is 0 Å². The molecule has 0 aliphatic rings. The van der Waals surface area contributed by atoms with Gasteiger partial charge < -0.3 is 0 Å². The second-order valence-corrected chi connectivity index (χ2v) is 2.94. The van der Waals surface area contributed by atoms with Gasteiger partial charge in [-0.15, -0.1) is 0 Å². The van der Waals surface area contributed by atoms with Crippen LogP contribution in [0.15, 0.2) is 35.3 Å². The lowest BCUT2D eigenvalue weighted by atomic mass is 10.2. The van der Waals surface area contributed by atoms with Gasteiger partial charge in [0.25, 0.3) is 5.56 Å². The Bertz CT molecular complexity index is 516. The van der Waals surface area contributed by atoms with Crippen molar-refractivity contribution in [3.8, 4) is 0 Å². The summed E-state index contributed by atoms with van der Waals surface area (Å²) in [6, 6.07) is 6.57. The second kappa shape index (κ2) is 2.69. The predicted octanol–water partition coefficient (Wildman–Crippen LogP) is 1.75. The van der Waals surface area contributed by atoms with Crippen LogP contribution in [-0.2, 0) is 0 Å². The Morgan fingerprint density at radius 1 is 1.38 bits per heavy atom. The predicted molar refractivity (Wildman–Crippen MR) is 48.4 cm³/mol. The van der Waals surface area contributed by atoms with Crippen LogP contribution in [0, 0.1) is 12.7 Å². The number of aromatic nitrogens is 1. The first-order valence-electron chi connectivity index (χ1n) is 3.96. The normalized spacial score (nSPS) is 10.6. The molecular weight excluding hydrogens is 169 g/mol. The Hall–Kier alpha value is -1.64. The summed E-state index contributed by atoms with van der Waals surface area (Å²) in [6.45, 7) is 1.78. The fourth-order valence-electron chi connectivity index (χ4n) is 1.38. The van der Waals surface area contributed by atoms with Crippen molar-refractivity contribution >= 4 is 5.52 Å². The zero-order valence-corrected chi connectivity index (χ0v) is 7.12. The quantitative estimate of drug-likeness (QED) is 0.600. The average molecular weight is 177 g/mol. The highest BCUT2D eigenvalue weighted by molar-refractivity contribution is 5.53. The molecule has 0 aliphatic heterocycles. The van der Waals surface area contributed by atoms with Crippen molar-refractivity contribution in [1.29, 1.82) is 0 Å². The van der Waals surface area contributed by atoms with Gasteiger partial charge in [0.05, 0.1) is 5.52 Å². The highest BCUT2D eigenvalue weighted by Gasteiger charge is 2.04. The molecule has 0 aliphatic carbocycles. The van der Waals surface area contributed by atoms with E-state index in [1.807, 2.05) is 6.07 Å². The smallest absolute Gasteiger partial charge is 0.282 e. The first kappa shape index (κ1) is 7.98. The fourth-order valence-corrected chi connectivity index (χ4v) is 1.38. The van der Waals surface area contributed by atoms with Crippen LogP contribution in [0.1, 0.15) is 5.56 Å². The molecule has 0 amide bonds. The first-order chi connectivity index (χ1) is 6.20. The third kappa shape index (κ3) is 1.13. The van der Waals surface area contributed by atoms with E-state index in [-0.39, 0.29) is 0 Å². The number of rotatable bonds is 0. The third-order valence-electron chi connectivity index (χ3n) is 2.03. The van der Waals surface area contributed by atoms with E-state index in [2.05, 4.69) is 0 Å². The van der Waals surface area contributed by atoms with Crippen molar-refractivity contribution in [3.63, 3.8) is 0 Å². The molecule has 13 heavy (non-hydrogen) atoms. The molecule has 0 aromatic carbocycles. The maximum Gasteiger partial charge on any atom is 0.291 e. The molecule has 0 unspecified atom stereocenters.